The number of hydrogen-bond acceptors (Lipinski definition) is 3. The van der Waals surface area contributed by atoms with Crippen molar-refractivity contribution in [1.82, 2.24) is 14.9 Å². The van der Waals surface area contributed by atoms with Gasteiger partial charge in [-0.05, 0) is 43.4 Å². The van der Waals surface area contributed by atoms with Crippen molar-refractivity contribution in [2.75, 3.05) is 6.61 Å². The van der Waals surface area contributed by atoms with Crippen molar-refractivity contribution in [1.29, 1.82) is 0 Å². The van der Waals surface area contributed by atoms with Crippen LogP contribution >= 0.6 is 0 Å². The molecule has 0 saturated heterocycles. The van der Waals surface area contributed by atoms with Crippen LogP contribution in [0.5, 0.6) is 0 Å². The van der Waals surface area contributed by atoms with Crippen LogP contribution in [0, 0.1) is 35.3 Å². The van der Waals surface area contributed by atoms with Crippen molar-refractivity contribution in [2.24, 2.45) is 23.7 Å². The molecule has 28 heavy (non-hydrogen) atoms. The monoisotopic (exact) mass is 389 g/mol. The maximum absolute atomic E-state index is 13.6. The number of nitrogens with zero attached hydrogens (tertiary/aromatic N) is 2. The van der Waals surface area contributed by atoms with E-state index in [0.717, 1.165) is 18.9 Å². The molecule has 1 aromatic heterocycles. The fraction of sp³-hybridized carbons (Fsp3) is 0.524. The third-order valence-electron chi connectivity index (χ3n) is 6.42. The zero-order valence-electron chi connectivity index (χ0n) is 15.9. The van der Waals surface area contributed by atoms with Gasteiger partial charge in [-0.2, -0.15) is 0 Å². The average molecular weight is 389 g/mol. The predicted molar refractivity (Wildman–Crippen MR) is 101 cm³/mol. The third-order valence-corrected chi connectivity index (χ3v) is 6.42. The smallest absolute Gasteiger partial charge is 0.227 e. The summed E-state index contributed by atoms with van der Waals surface area (Å²) in [7, 11) is 0. The summed E-state index contributed by atoms with van der Waals surface area (Å²) in [6.07, 6.45) is 4.67. The van der Waals surface area contributed by atoms with E-state index < -0.39 is 11.6 Å². The number of nitrogens with one attached hydrogen (secondary N) is 1. The molecular formula is C21H25F2N3O2. The number of aliphatic hydroxyl groups is 1. The largest absolute Gasteiger partial charge is 0.396 e. The fourth-order valence-electron chi connectivity index (χ4n) is 4.96. The number of carbonyl (C=O) groups excluding carboxylic acids is 1. The van der Waals surface area contributed by atoms with E-state index in [2.05, 4.69) is 16.9 Å². The Balaban J connectivity index is 1.37. The highest BCUT2D eigenvalue weighted by atomic mass is 19.2. The topological polar surface area (TPSA) is 67.2 Å². The van der Waals surface area contributed by atoms with Gasteiger partial charge in [-0.1, -0.05) is 13.5 Å². The van der Waals surface area contributed by atoms with Gasteiger partial charge in [0.15, 0.2) is 11.6 Å². The molecule has 1 heterocycles. The summed E-state index contributed by atoms with van der Waals surface area (Å²) >= 11 is 0. The molecule has 1 aromatic carbocycles. The first-order valence-electron chi connectivity index (χ1n) is 9.81. The lowest BCUT2D eigenvalue weighted by Gasteiger charge is -2.20. The van der Waals surface area contributed by atoms with Crippen LogP contribution in [0.2, 0.25) is 0 Å². The number of allylic oxidation sites excluding steroid dienone is 1. The van der Waals surface area contributed by atoms with Gasteiger partial charge in [0.1, 0.15) is 0 Å². The second-order valence-corrected chi connectivity index (χ2v) is 8.15. The number of carbonyl (C=O) groups is 1. The number of rotatable bonds is 7. The molecule has 5 atom stereocenters. The zero-order valence-corrected chi connectivity index (χ0v) is 15.9. The van der Waals surface area contributed by atoms with E-state index in [1.807, 2.05) is 11.5 Å². The Morgan fingerprint density at radius 3 is 2.71 bits per heavy atom. The predicted octanol–water partition coefficient (Wildman–Crippen LogP) is 3.55. The van der Waals surface area contributed by atoms with Gasteiger partial charge in [0.2, 0.25) is 5.91 Å². The first-order valence-corrected chi connectivity index (χ1v) is 9.81. The average Bonchev–Trinajstić information content (AvgIpc) is 2.99. The first kappa shape index (κ1) is 19.1. The SMILES string of the molecule is C=C(CCCO)NC(=O)C(C)C1[C@H]2CC(n3cnc4cc(F)c(F)cc43)C[C@@H]12. The Morgan fingerprint density at radius 1 is 1.36 bits per heavy atom. The van der Waals surface area contributed by atoms with Crippen molar-refractivity contribution in [3.8, 4) is 0 Å². The minimum absolute atomic E-state index is 0.00971. The second kappa shape index (κ2) is 7.28. The van der Waals surface area contributed by atoms with Crippen LogP contribution in [-0.2, 0) is 4.79 Å². The number of fused-ring (bicyclic) bond motifs is 2. The molecule has 3 unspecified atom stereocenters. The normalized spacial score (nSPS) is 26.9. The number of aromatic nitrogens is 2. The van der Waals surface area contributed by atoms with E-state index in [1.54, 1.807) is 6.33 Å². The van der Waals surface area contributed by atoms with Crippen LogP contribution in [0.1, 0.15) is 38.6 Å². The molecule has 0 bridgehead atoms. The van der Waals surface area contributed by atoms with E-state index in [0.29, 0.717) is 47.3 Å². The van der Waals surface area contributed by atoms with Gasteiger partial charge < -0.3 is 15.0 Å². The molecule has 2 aliphatic rings. The Morgan fingerprint density at radius 2 is 2.04 bits per heavy atom. The maximum Gasteiger partial charge on any atom is 0.227 e. The number of aliphatic hydroxyl groups excluding tert-OH is 1. The summed E-state index contributed by atoms with van der Waals surface area (Å²) < 4.78 is 29.0. The number of benzene rings is 1. The van der Waals surface area contributed by atoms with E-state index in [-0.39, 0.29) is 24.5 Å². The highest BCUT2D eigenvalue weighted by Crippen LogP contribution is 2.63. The summed E-state index contributed by atoms with van der Waals surface area (Å²) in [4.78, 5) is 16.7. The summed E-state index contributed by atoms with van der Waals surface area (Å²) in [6, 6.07) is 2.55. The molecule has 2 N–H and O–H groups in total. The van der Waals surface area contributed by atoms with Crippen LogP contribution in [0.15, 0.2) is 30.7 Å². The minimum atomic E-state index is -0.882. The van der Waals surface area contributed by atoms with Gasteiger partial charge >= 0.3 is 0 Å². The quantitative estimate of drug-likeness (QED) is 0.761. The van der Waals surface area contributed by atoms with Crippen molar-refractivity contribution >= 4 is 16.9 Å². The van der Waals surface area contributed by atoms with Gasteiger partial charge in [-0.15, -0.1) is 0 Å². The summed E-state index contributed by atoms with van der Waals surface area (Å²) in [5.41, 5.74) is 1.73. The minimum Gasteiger partial charge on any atom is -0.396 e. The van der Waals surface area contributed by atoms with Gasteiger partial charge in [0.05, 0.1) is 17.4 Å². The van der Waals surface area contributed by atoms with Crippen molar-refractivity contribution in [2.45, 2.75) is 38.6 Å². The van der Waals surface area contributed by atoms with Gasteiger partial charge in [-0.3, -0.25) is 4.79 Å². The Labute approximate surface area is 162 Å². The molecular weight excluding hydrogens is 364 g/mol. The fourth-order valence-corrected chi connectivity index (χ4v) is 4.96. The maximum atomic E-state index is 13.6. The van der Waals surface area contributed by atoms with Crippen molar-refractivity contribution in [3.05, 3.63) is 42.4 Å². The highest BCUT2D eigenvalue weighted by molar-refractivity contribution is 5.80. The molecule has 150 valence electrons. The zero-order chi connectivity index (χ0) is 20.0. The number of hydrogen-bond donors (Lipinski definition) is 2. The first-order chi connectivity index (χ1) is 13.4. The molecule has 4 rings (SSSR count). The van der Waals surface area contributed by atoms with Gasteiger partial charge in [0, 0.05) is 36.4 Å². The van der Waals surface area contributed by atoms with Gasteiger partial charge in [0.25, 0.3) is 0 Å². The molecule has 2 fully saturated rings. The third kappa shape index (κ3) is 3.32. The molecule has 0 spiro atoms. The summed E-state index contributed by atoms with van der Waals surface area (Å²) in [5.74, 6) is -0.545. The number of imidazole rings is 1. The summed E-state index contributed by atoms with van der Waals surface area (Å²) in [6.45, 7) is 5.88. The molecule has 7 heteroatoms. The van der Waals surface area contributed by atoms with Crippen molar-refractivity contribution < 1.29 is 18.7 Å². The Bertz CT molecular complexity index is 914. The van der Waals surface area contributed by atoms with E-state index in [1.165, 1.54) is 6.07 Å². The molecule has 2 aliphatic carbocycles. The summed E-state index contributed by atoms with van der Waals surface area (Å²) in [5, 5.41) is 11.7. The molecule has 2 saturated carbocycles. The molecule has 0 aliphatic heterocycles. The lowest BCUT2D eigenvalue weighted by molar-refractivity contribution is -0.124. The van der Waals surface area contributed by atoms with E-state index >= 15 is 0 Å². The van der Waals surface area contributed by atoms with E-state index in [4.69, 9.17) is 5.11 Å². The van der Waals surface area contributed by atoms with Crippen molar-refractivity contribution in [3.63, 3.8) is 0 Å². The highest BCUT2D eigenvalue weighted by Gasteiger charge is 2.59. The standard InChI is InChI=1S/C21H25F2N3O2/c1-11(4-3-5-27)25-21(28)12(2)20-14-6-13(7-15(14)20)26-10-24-18-8-16(22)17(23)9-19(18)26/h8-10,12-15,20,27H,1,3-7H2,2H3,(H,25,28)/t12?,13?,14-,15+,20?. The van der Waals surface area contributed by atoms with Crippen LogP contribution in [0.4, 0.5) is 8.78 Å². The van der Waals surface area contributed by atoms with Crippen LogP contribution in [-0.4, -0.2) is 27.2 Å². The lowest BCUT2D eigenvalue weighted by Crippen LogP contribution is -2.30. The molecule has 0 radical (unpaired) electrons. The van der Waals surface area contributed by atoms with Crippen LogP contribution in [0.25, 0.3) is 11.0 Å². The Kier molecular flexibility index (Phi) is 4.95. The molecule has 2 aromatic rings. The van der Waals surface area contributed by atoms with E-state index in [9.17, 15) is 13.6 Å². The lowest BCUT2D eigenvalue weighted by atomic mass is 9.96. The molecule has 1 amide bonds. The number of halogens is 2. The van der Waals surface area contributed by atoms with Crippen LogP contribution < -0.4 is 5.32 Å². The molecule has 5 nitrogen and oxygen atoms in total. The Hall–Kier alpha value is -2.28. The van der Waals surface area contributed by atoms with Gasteiger partial charge in [-0.25, -0.2) is 13.8 Å². The number of amides is 1. The second-order valence-electron chi connectivity index (χ2n) is 8.15. The van der Waals surface area contributed by atoms with Crippen LogP contribution in [0.3, 0.4) is 0 Å².